The molecule has 0 aliphatic rings. The van der Waals surface area contributed by atoms with Crippen LogP contribution in [0.1, 0.15) is 27.2 Å². The van der Waals surface area contributed by atoms with Crippen LogP contribution in [0.4, 0.5) is 0 Å². The first-order chi connectivity index (χ1) is 14.1. The van der Waals surface area contributed by atoms with Crippen LogP contribution in [-0.4, -0.2) is 20.8 Å². The topological polar surface area (TPSA) is 43.4 Å². The molecule has 0 aromatic heterocycles. The Kier molecular flexibility index (Phi) is 6.25. The Labute approximate surface area is 181 Å². The molecule has 3 nitrogen and oxygen atoms in total. The van der Waals surface area contributed by atoms with Crippen LogP contribution in [-0.2, 0) is 14.1 Å². The van der Waals surface area contributed by atoms with Crippen molar-refractivity contribution in [3.8, 4) is 0 Å². The molecule has 3 rings (SSSR count). The van der Waals surface area contributed by atoms with Crippen molar-refractivity contribution >= 4 is 32.9 Å². The van der Waals surface area contributed by atoms with Gasteiger partial charge in [0.05, 0.1) is 0 Å². The van der Waals surface area contributed by atoms with E-state index in [1.54, 1.807) is 0 Å². The molecule has 5 heteroatoms. The first-order valence-electron chi connectivity index (χ1n) is 10.2. The molecule has 0 saturated heterocycles. The van der Waals surface area contributed by atoms with Crippen LogP contribution in [0.2, 0.25) is 0 Å². The maximum atomic E-state index is 12.9. The van der Waals surface area contributed by atoms with Gasteiger partial charge < -0.3 is 0 Å². The van der Waals surface area contributed by atoms with Gasteiger partial charge in [0.2, 0.25) is 0 Å². The zero-order valence-electron chi connectivity index (χ0n) is 18.2. The van der Waals surface area contributed by atoms with E-state index in [2.05, 4.69) is 20.8 Å². The fourth-order valence-corrected chi connectivity index (χ4v) is 13.0. The Bertz CT molecular complexity index is 974. The van der Waals surface area contributed by atoms with Crippen molar-refractivity contribution in [2.24, 2.45) is 5.41 Å². The second-order valence-electron chi connectivity index (χ2n) is 9.03. The van der Waals surface area contributed by atoms with Crippen molar-refractivity contribution in [3.05, 3.63) is 91.0 Å². The summed E-state index contributed by atoms with van der Waals surface area (Å²) in [6.45, 7) is 2.71. The molecule has 0 aliphatic heterocycles. The van der Waals surface area contributed by atoms with Gasteiger partial charge in [-0.1, -0.05) is 0 Å². The quantitative estimate of drug-likeness (QED) is 0.492. The first-order valence-corrected chi connectivity index (χ1v) is 14.3. The third-order valence-corrected chi connectivity index (χ3v) is 13.1. The van der Waals surface area contributed by atoms with E-state index in [0.29, 0.717) is 6.16 Å². The van der Waals surface area contributed by atoms with E-state index in [9.17, 15) is 8.42 Å². The third-order valence-electron chi connectivity index (χ3n) is 5.50. The number of benzene rings is 3. The number of hydrogen-bond donors (Lipinski definition) is 0. The standard InChI is InChI=1S/C25H31O3PS/c1-25(2,3)20-21-29(28-30(4,26)27,22-14-8-5-9-15-22,23-16-10-6-11-17-23)24-18-12-7-13-19-24/h5-19H,20-21H2,1-4H3. The Balaban J connectivity index is 2.54. The number of rotatable bonds is 7. The van der Waals surface area contributed by atoms with Gasteiger partial charge in [-0.05, 0) is 0 Å². The van der Waals surface area contributed by atoms with Crippen molar-refractivity contribution in [2.45, 2.75) is 27.2 Å². The van der Waals surface area contributed by atoms with Crippen LogP contribution >= 0.6 is 6.83 Å². The monoisotopic (exact) mass is 442 g/mol. The molecule has 0 bridgehead atoms. The molecule has 160 valence electrons. The van der Waals surface area contributed by atoms with Gasteiger partial charge in [0.25, 0.3) is 0 Å². The summed E-state index contributed by atoms with van der Waals surface area (Å²) >= 11 is 0. The SMILES string of the molecule is CC(C)(C)CCP(OS(C)(=O)=O)(c1ccccc1)(c1ccccc1)c1ccccc1. The molecule has 0 spiro atoms. The van der Waals surface area contributed by atoms with Gasteiger partial charge in [-0.2, -0.15) is 0 Å². The molecule has 0 N–H and O–H groups in total. The summed E-state index contributed by atoms with van der Waals surface area (Å²) in [6, 6.07) is 29.8. The molecule has 0 unspecified atom stereocenters. The van der Waals surface area contributed by atoms with Gasteiger partial charge in [-0.25, -0.2) is 0 Å². The molecule has 0 fully saturated rings. The fraction of sp³-hybridized carbons (Fsp3) is 0.280. The summed E-state index contributed by atoms with van der Waals surface area (Å²) in [6.07, 6.45) is 2.57. The zero-order valence-corrected chi connectivity index (χ0v) is 19.9. The van der Waals surface area contributed by atoms with Crippen molar-refractivity contribution in [2.75, 3.05) is 12.4 Å². The van der Waals surface area contributed by atoms with Crippen molar-refractivity contribution in [3.63, 3.8) is 0 Å². The Morgan fingerprint density at radius 3 is 1.30 bits per heavy atom. The summed E-state index contributed by atoms with van der Waals surface area (Å²) in [4.78, 5) is 0. The molecule has 0 atom stereocenters. The van der Waals surface area contributed by atoms with Gasteiger partial charge in [-0.3, -0.25) is 0 Å². The van der Waals surface area contributed by atoms with Crippen molar-refractivity contribution < 1.29 is 12.4 Å². The molecule has 0 saturated carbocycles. The van der Waals surface area contributed by atoms with Gasteiger partial charge in [-0.15, -0.1) is 0 Å². The van der Waals surface area contributed by atoms with Gasteiger partial charge in [0.15, 0.2) is 0 Å². The average Bonchev–Trinajstić information content (AvgIpc) is 2.72. The molecule has 3 aromatic rings. The summed E-state index contributed by atoms with van der Waals surface area (Å²) < 4.78 is 32.3. The molecular weight excluding hydrogens is 411 g/mol. The van der Waals surface area contributed by atoms with E-state index in [1.165, 1.54) is 6.26 Å². The third kappa shape index (κ3) is 4.37. The normalized spacial score (nSPS) is 14.1. The minimum atomic E-state index is -3.83. The first kappa shape index (κ1) is 22.7. The molecule has 3 aromatic carbocycles. The minimum absolute atomic E-state index is 0.00234. The van der Waals surface area contributed by atoms with Crippen LogP contribution in [0.5, 0.6) is 0 Å². The zero-order chi connectivity index (χ0) is 21.9. The summed E-state index contributed by atoms with van der Waals surface area (Å²) in [5.74, 6) is 0. The summed E-state index contributed by atoms with van der Waals surface area (Å²) in [7, 11) is -3.79. The molecule has 0 aliphatic carbocycles. The Hall–Kier alpha value is -2.00. The van der Waals surface area contributed by atoms with E-state index in [-0.39, 0.29) is 5.41 Å². The van der Waals surface area contributed by atoms with Crippen LogP contribution < -0.4 is 15.9 Å². The average molecular weight is 443 g/mol. The van der Waals surface area contributed by atoms with E-state index < -0.39 is 16.9 Å². The predicted octanol–water partition coefficient (Wildman–Crippen LogP) is 4.84. The molecule has 0 heterocycles. The Morgan fingerprint density at radius 2 is 1.03 bits per heavy atom. The van der Waals surface area contributed by atoms with Crippen LogP contribution in [0.3, 0.4) is 0 Å². The van der Waals surface area contributed by atoms with Crippen molar-refractivity contribution in [1.29, 1.82) is 0 Å². The maximum absolute atomic E-state index is 12.9. The molecule has 0 radical (unpaired) electrons. The van der Waals surface area contributed by atoms with Gasteiger partial charge in [0, 0.05) is 0 Å². The van der Waals surface area contributed by atoms with Crippen molar-refractivity contribution in [1.82, 2.24) is 0 Å². The summed E-state index contributed by atoms with van der Waals surface area (Å²) in [5, 5.41) is 2.78. The van der Waals surface area contributed by atoms with Gasteiger partial charge >= 0.3 is 181 Å². The number of hydrogen-bond acceptors (Lipinski definition) is 3. The van der Waals surface area contributed by atoms with E-state index >= 15 is 0 Å². The van der Waals surface area contributed by atoms with E-state index in [1.807, 2.05) is 91.0 Å². The molecule has 0 amide bonds. The van der Waals surface area contributed by atoms with Crippen LogP contribution in [0.15, 0.2) is 91.0 Å². The summed E-state index contributed by atoms with van der Waals surface area (Å²) in [5.41, 5.74) is 0.00234. The van der Waals surface area contributed by atoms with Crippen LogP contribution in [0, 0.1) is 5.41 Å². The second kappa shape index (κ2) is 8.26. The second-order valence-corrected chi connectivity index (χ2v) is 15.5. The predicted molar refractivity (Wildman–Crippen MR) is 130 cm³/mol. The van der Waals surface area contributed by atoms with E-state index in [0.717, 1.165) is 22.3 Å². The molecule has 30 heavy (non-hydrogen) atoms. The fourth-order valence-electron chi connectivity index (χ4n) is 4.08. The van der Waals surface area contributed by atoms with E-state index in [4.69, 9.17) is 3.97 Å². The van der Waals surface area contributed by atoms with Crippen LogP contribution in [0.25, 0.3) is 0 Å². The molecular formula is C25H31O3PS. The Morgan fingerprint density at radius 1 is 0.700 bits per heavy atom. The van der Waals surface area contributed by atoms with Gasteiger partial charge in [0.1, 0.15) is 0 Å².